The van der Waals surface area contributed by atoms with Gasteiger partial charge in [-0.1, -0.05) is 32.9 Å². The second kappa shape index (κ2) is 3.34. The van der Waals surface area contributed by atoms with Crippen molar-refractivity contribution >= 4 is 10.9 Å². The van der Waals surface area contributed by atoms with Crippen molar-refractivity contribution in [2.75, 3.05) is 0 Å². The van der Waals surface area contributed by atoms with Crippen LogP contribution in [0.3, 0.4) is 0 Å². The summed E-state index contributed by atoms with van der Waals surface area (Å²) in [6.45, 7) is 8.72. The van der Waals surface area contributed by atoms with Gasteiger partial charge in [-0.3, -0.25) is 4.98 Å². The van der Waals surface area contributed by atoms with Crippen LogP contribution in [0.5, 0.6) is 0 Å². The highest BCUT2D eigenvalue weighted by atomic mass is 14.7. The lowest BCUT2D eigenvalue weighted by molar-refractivity contribution is 0.591. The molecule has 0 fully saturated rings. The summed E-state index contributed by atoms with van der Waals surface area (Å²) in [6, 6.07) is 10.7. The molecule has 0 atom stereocenters. The maximum atomic E-state index is 4.50. The molecule has 78 valence electrons. The highest BCUT2D eigenvalue weighted by Crippen LogP contribution is 2.25. The number of rotatable bonds is 0. The highest BCUT2D eigenvalue weighted by molar-refractivity contribution is 5.79. The van der Waals surface area contributed by atoms with Gasteiger partial charge in [0.2, 0.25) is 0 Å². The van der Waals surface area contributed by atoms with Crippen molar-refractivity contribution in [1.82, 2.24) is 4.98 Å². The summed E-state index contributed by atoms with van der Waals surface area (Å²) in [6.07, 6.45) is 0. The zero-order valence-electron chi connectivity index (χ0n) is 9.83. The number of nitrogens with zero attached hydrogens (tertiary/aromatic N) is 1. The molecule has 0 saturated carbocycles. The van der Waals surface area contributed by atoms with Crippen LogP contribution in [0.25, 0.3) is 10.9 Å². The van der Waals surface area contributed by atoms with Gasteiger partial charge in [0.05, 0.1) is 5.52 Å². The normalized spacial score (nSPS) is 12.0. The van der Waals surface area contributed by atoms with Crippen LogP contribution in [0.2, 0.25) is 0 Å². The molecule has 0 aliphatic heterocycles. The van der Waals surface area contributed by atoms with E-state index in [4.69, 9.17) is 0 Å². The van der Waals surface area contributed by atoms with Gasteiger partial charge in [0.1, 0.15) is 0 Å². The Bertz CT molecular complexity index is 492. The van der Waals surface area contributed by atoms with Gasteiger partial charge in [0, 0.05) is 11.1 Å². The molecule has 0 N–H and O–H groups in total. The summed E-state index contributed by atoms with van der Waals surface area (Å²) in [7, 11) is 0. The van der Waals surface area contributed by atoms with Crippen LogP contribution < -0.4 is 0 Å². The van der Waals surface area contributed by atoms with Crippen molar-refractivity contribution in [1.29, 1.82) is 0 Å². The summed E-state index contributed by atoms with van der Waals surface area (Å²) in [4.78, 5) is 4.50. The number of hydrogen-bond acceptors (Lipinski definition) is 1. The van der Waals surface area contributed by atoms with Gasteiger partial charge in [-0.2, -0.15) is 0 Å². The molecule has 1 aromatic heterocycles. The molecular weight excluding hydrogens is 182 g/mol. The fraction of sp³-hybridized carbons (Fsp3) is 0.357. The van der Waals surface area contributed by atoms with E-state index in [0.29, 0.717) is 0 Å². The van der Waals surface area contributed by atoms with E-state index >= 15 is 0 Å². The molecule has 1 aromatic carbocycles. The van der Waals surface area contributed by atoms with Gasteiger partial charge in [-0.15, -0.1) is 0 Å². The molecule has 0 unspecified atom stereocenters. The predicted octanol–water partition coefficient (Wildman–Crippen LogP) is 3.84. The van der Waals surface area contributed by atoms with Crippen LogP contribution in [0.4, 0.5) is 0 Å². The van der Waals surface area contributed by atoms with Crippen LogP contribution in [0.1, 0.15) is 32.0 Å². The number of hydrogen-bond donors (Lipinski definition) is 0. The number of benzene rings is 1. The van der Waals surface area contributed by atoms with Gasteiger partial charge in [-0.25, -0.2) is 0 Å². The van der Waals surface area contributed by atoms with Crippen LogP contribution in [0, 0.1) is 6.92 Å². The highest BCUT2D eigenvalue weighted by Gasteiger charge is 2.13. The lowest BCUT2D eigenvalue weighted by Crippen LogP contribution is -2.10. The first-order valence-electron chi connectivity index (χ1n) is 5.35. The monoisotopic (exact) mass is 199 g/mol. The van der Waals surface area contributed by atoms with E-state index in [9.17, 15) is 0 Å². The summed E-state index contributed by atoms with van der Waals surface area (Å²) < 4.78 is 0. The Labute approximate surface area is 91.2 Å². The Morgan fingerprint density at radius 1 is 1.00 bits per heavy atom. The first-order valence-corrected chi connectivity index (χ1v) is 5.35. The molecule has 0 saturated heterocycles. The van der Waals surface area contributed by atoms with E-state index < -0.39 is 0 Å². The van der Waals surface area contributed by atoms with Crippen molar-refractivity contribution in [3.63, 3.8) is 0 Å². The molecule has 0 bridgehead atoms. The smallest absolute Gasteiger partial charge is 0.0705 e. The molecule has 0 radical (unpaired) electrons. The third-order valence-electron chi connectivity index (χ3n) is 2.69. The molecule has 1 heterocycles. The molecule has 0 aliphatic rings. The molecular formula is C14H17N. The van der Waals surface area contributed by atoms with E-state index in [1.54, 1.807) is 0 Å². The number of fused-ring (bicyclic) bond motifs is 1. The second-order valence-electron chi connectivity index (χ2n) is 5.11. The van der Waals surface area contributed by atoms with Crippen molar-refractivity contribution in [2.24, 2.45) is 0 Å². The van der Waals surface area contributed by atoms with Gasteiger partial charge in [0.15, 0.2) is 0 Å². The minimum atomic E-state index is 0.207. The van der Waals surface area contributed by atoms with Crippen molar-refractivity contribution in [3.05, 3.63) is 41.6 Å². The van der Waals surface area contributed by atoms with Gasteiger partial charge in [0.25, 0.3) is 0 Å². The standard InChI is InChI=1S/C14H17N/c1-10-5-6-11-9-12(14(2,3)4)7-8-13(11)15-10/h5-9H,1-4H3. The largest absolute Gasteiger partial charge is 0.253 e. The first-order chi connectivity index (χ1) is 6.97. The average molecular weight is 199 g/mol. The molecule has 2 aromatic rings. The Kier molecular flexibility index (Phi) is 2.26. The van der Waals surface area contributed by atoms with E-state index in [1.165, 1.54) is 10.9 Å². The second-order valence-corrected chi connectivity index (χ2v) is 5.11. The fourth-order valence-electron chi connectivity index (χ4n) is 1.69. The lowest BCUT2D eigenvalue weighted by atomic mass is 9.86. The zero-order valence-corrected chi connectivity index (χ0v) is 9.83. The van der Waals surface area contributed by atoms with E-state index in [1.807, 2.05) is 6.92 Å². The van der Waals surface area contributed by atoms with Gasteiger partial charge < -0.3 is 0 Å². The first kappa shape index (κ1) is 10.2. The van der Waals surface area contributed by atoms with Crippen LogP contribution >= 0.6 is 0 Å². The van der Waals surface area contributed by atoms with Crippen LogP contribution in [0.15, 0.2) is 30.3 Å². The van der Waals surface area contributed by atoms with Crippen LogP contribution in [-0.4, -0.2) is 4.98 Å². The topological polar surface area (TPSA) is 12.9 Å². The summed E-state index contributed by atoms with van der Waals surface area (Å²) in [5, 5.41) is 1.23. The molecule has 0 aliphatic carbocycles. The lowest BCUT2D eigenvalue weighted by Gasteiger charge is -2.19. The average Bonchev–Trinajstić information content (AvgIpc) is 2.15. The zero-order chi connectivity index (χ0) is 11.1. The molecule has 0 spiro atoms. The molecule has 15 heavy (non-hydrogen) atoms. The Balaban J connectivity index is 2.62. The maximum absolute atomic E-state index is 4.50. The summed E-state index contributed by atoms with van der Waals surface area (Å²) in [5.74, 6) is 0. The number of pyridine rings is 1. The third kappa shape index (κ3) is 2.01. The number of aryl methyl sites for hydroxylation is 1. The Morgan fingerprint density at radius 2 is 1.73 bits per heavy atom. The molecule has 2 rings (SSSR count). The quantitative estimate of drug-likeness (QED) is 0.628. The maximum Gasteiger partial charge on any atom is 0.0705 e. The van der Waals surface area contributed by atoms with Crippen molar-refractivity contribution < 1.29 is 0 Å². The van der Waals surface area contributed by atoms with Crippen LogP contribution in [-0.2, 0) is 5.41 Å². The van der Waals surface area contributed by atoms with E-state index in [2.05, 4.69) is 56.1 Å². The fourth-order valence-corrected chi connectivity index (χ4v) is 1.69. The molecule has 0 amide bonds. The minimum Gasteiger partial charge on any atom is -0.253 e. The Morgan fingerprint density at radius 3 is 2.40 bits per heavy atom. The molecule has 1 heteroatoms. The molecule has 1 nitrogen and oxygen atoms in total. The SMILES string of the molecule is Cc1ccc2cc(C(C)(C)C)ccc2n1. The van der Waals surface area contributed by atoms with E-state index in [-0.39, 0.29) is 5.41 Å². The van der Waals surface area contributed by atoms with Gasteiger partial charge >= 0.3 is 0 Å². The number of aromatic nitrogens is 1. The Hall–Kier alpha value is -1.37. The van der Waals surface area contributed by atoms with E-state index in [0.717, 1.165) is 11.2 Å². The van der Waals surface area contributed by atoms with Gasteiger partial charge in [-0.05, 0) is 36.1 Å². The third-order valence-corrected chi connectivity index (χ3v) is 2.69. The summed E-state index contributed by atoms with van der Waals surface area (Å²) >= 11 is 0. The summed E-state index contributed by atoms with van der Waals surface area (Å²) in [5.41, 5.74) is 3.73. The predicted molar refractivity (Wildman–Crippen MR) is 65.2 cm³/mol. The van der Waals surface area contributed by atoms with Crippen molar-refractivity contribution in [2.45, 2.75) is 33.1 Å². The minimum absolute atomic E-state index is 0.207. The van der Waals surface area contributed by atoms with Crippen molar-refractivity contribution in [3.8, 4) is 0 Å².